The summed E-state index contributed by atoms with van der Waals surface area (Å²) in [7, 11) is 3.23. The first-order valence-corrected chi connectivity index (χ1v) is 11.6. The van der Waals surface area contributed by atoms with Gasteiger partial charge in [0.1, 0.15) is 0 Å². The van der Waals surface area contributed by atoms with E-state index in [0.717, 1.165) is 57.9 Å². The molecule has 0 fully saturated rings. The maximum atomic E-state index is 13.3. The molecule has 1 aliphatic heterocycles. The minimum absolute atomic E-state index is 0.0870. The molecule has 0 unspecified atom stereocenters. The predicted molar refractivity (Wildman–Crippen MR) is 132 cm³/mol. The topological polar surface area (TPSA) is 82.7 Å². The van der Waals surface area contributed by atoms with Crippen LogP contribution in [-0.2, 0) is 19.3 Å². The highest BCUT2D eigenvalue weighted by Gasteiger charge is 2.19. The summed E-state index contributed by atoms with van der Waals surface area (Å²) in [6.07, 6.45) is 2.89. The van der Waals surface area contributed by atoms with Crippen LogP contribution >= 0.6 is 0 Å². The fraction of sp³-hybridized carbons (Fsp3) is 0.333. The molecule has 2 aromatic heterocycles. The second-order valence-electron chi connectivity index (χ2n) is 8.44. The molecule has 0 amide bonds. The lowest BCUT2D eigenvalue weighted by Crippen LogP contribution is -2.17. The number of fused-ring (bicyclic) bond motifs is 3. The Morgan fingerprint density at radius 3 is 2.35 bits per heavy atom. The number of rotatable bonds is 7. The van der Waals surface area contributed by atoms with E-state index in [1.54, 1.807) is 14.2 Å². The Kier molecular flexibility index (Phi) is 5.77. The Labute approximate surface area is 197 Å². The number of H-pyrrole nitrogens is 1. The third-order valence-electron chi connectivity index (χ3n) is 6.39. The number of benzene rings is 2. The van der Waals surface area contributed by atoms with Gasteiger partial charge in [0.25, 0.3) is 5.56 Å². The predicted octanol–water partition coefficient (Wildman–Crippen LogP) is 4.93. The minimum Gasteiger partial charge on any atom is -0.493 e. The molecule has 1 N–H and O–H groups in total. The lowest BCUT2D eigenvalue weighted by atomic mass is 9.95. The quantitative estimate of drug-likeness (QED) is 0.421. The van der Waals surface area contributed by atoms with Crippen molar-refractivity contribution in [2.75, 3.05) is 21.0 Å². The van der Waals surface area contributed by atoms with Gasteiger partial charge in [-0.15, -0.1) is 0 Å². The standard InChI is InChI=1S/C27H28N2O5/c1-5-7-21-18-12-24(32-4)23(31-3)11-17(18)19(27(30)29-21)9-15-8-16-10-25-26(34-14-33-25)13-22(16)28-20(15)6-2/h8,10-13H,5-7,9,14H2,1-4H3,(H,29,30). The van der Waals surface area contributed by atoms with Gasteiger partial charge in [0.2, 0.25) is 6.79 Å². The molecular weight excluding hydrogens is 432 g/mol. The second-order valence-corrected chi connectivity index (χ2v) is 8.44. The summed E-state index contributed by atoms with van der Waals surface area (Å²) in [5, 5.41) is 2.81. The summed E-state index contributed by atoms with van der Waals surface area (Å²) < 4.78 is 22.2. The summed E-state index contributed by atoms with van der Waals surface area (Å²) >= 11 is 0. The zero-order valence-corrected chi connectivity index (χ0v) is 19.9. The lowest BCUT2D eigenvalue weighted by molar-refractivity contribution is 0.174. The number of hydrogen-bond acceptors (Lipinski definition) is 6. The van der Waals surface area contributed by atoms with E-state index < -0.39 is 0 Å². The molecule has 34 heavy (non-hydrogen) atoms. The maximum Gasteiger partial charge on any atom is 0.252 e. The van der Waals surface area contributed by atoms with Gasteiger partial charge < -0.3 is 23.9 Å². The highest BCUT2D eigenvalue weighted by atomic mass is 16.7. The van der Waals surface area contributed by atoms with Crippen LogP contribution in [-0.4, -0.2) is 31.0 Å². The van der Waals surface area contributed by atoms with Crippen molar-refractivity contribution in [2.24, 2.45) is 0 Å². The summed E-state index contributed by atoms with van der Waals surface area (Å²) in [6, 6.07) is 9.84. The number of pyridine rings is 2. The Bertz CT molecular complexity index is 1460. The number of nitrogens with zero attached hydrogens (tertiary/aromatic N) is 1. The van der Waals surface area contributed by atoms with Crippen molar-refractivity contribution in [1.82, 2.24) is 9.97 Å². The fourth-order valence-electron chi connectivity index (χ4n) is 4.70. The molecule has 1 aliphatic rings. The molecular formula is C27H28N2O5. The van der Waals surface area contributed by atoms with Crippen LogP contribution in [0.15, 0.2) is 35.1 Å². The molecule has 5 rings (SSSR count). The van der Waals surface area contributed by atoms with Gasteiger partial charge >= 0.3 is 0 Å². The molecule has 3 heterocycles. The average Bonchev–Trinajstić information content (AvgIpc) is 3.30. The van der Waals surface area contributed by atoms with Gasteiger partial charge in [-0.2, -0.15) is 0 Å². The van der Waals surface area contributed by atoms with Crippen LogP contribution in [0.2, 0.25) is 0 Å². The SMILES string of the molecule is CCCc1[nH]c(=O)c(Cc2cc3cc4c(cc3nc2CC)OCO4)c2cc(OC)c(OC)cc12. The van der Waals surface area contributed by atoms with Gasteiger partial charge in [0.15, 0.2) is 23.0 Å². The molecule has 0 bridgehead atoms. The maximum absolute atomic E-state index is 13.3. The zero-order valence-electron chi connectivity index (χ0n) is 19.9. The van der Waals surface area contributed by atoms with Crippen LogP contribution in [0.3, 0.4) is 0 Å². The van der Waals surface area contributed by atoms with Crippen LogP contribution in [0, 0.1) is 0 Å². The smallest absolute Gasteiger partial charge is 0.252 e. The Morgan fingerprint density at radius 2 is 1.68 bits per heavy atom. The van der Waals surface area contributed by atoms with Gasteiger partial charge in [-0.1, -0.05) is 20.3 Å². The highest BCUT2D eigenvalue weighted by molar-refractivity contribution is 5.91. The number of aryl methyl sites for hydroxylation is 2. The molecule has 2 aromatic carbocycles. The largest absolute Gasteiger partial charge is 0.493 e. The summed E-state index contributed by atoms with van der Waals surface area (Å²) in [5.74, 6) is 2.67. The number of methoxy groups -OCH3 is 2. The number of aromatic amines is 1. The molecule has 0 saturated heterocycles. The third-order valence-corrected chi connectivity index (χ3v) is 6.39. The molecule has 0 atom stereocenters. The van der Waals surface area contributed by atoms with Gasteiger partial charge in [0, 0.05) is 40.2 Å². The molecule has 7 nitrogen and oxygen atoms in total. The molecule has 0 saturated carbocycles. The third kappa shape index (κ3) is 3.71. The van der Waals surface area contributed by atoms with Crippen LogP contribution in [0.5, 0.6) is 23.0 Å². The zero-order chi connectivity index (χ0) is 23.8. The minimum atomic E-state index is -0.0870. The van der Waals surface area contributed by atoms with Crippen molar-refractivity contribution < 1.29 is 18.9 Å². The molecule has 4 aromatic rings. The van der Waals surface area contributed by atoms with Crippen molar-refractivity contribution in [3.63, 3.8) is 0 Å². The summed E-state index contributed by atoms with van der Waals surface area (Å²) in [6.45, 7) is 4.39. The van der Waals surface area contributed by atoms with Gasteiger partial charge in [0.05, 0.1) is 19.7 Å². The van der Waals surface area contributed by atoms with E-state index >= 15 is 0 Å². The van der Waals surface area contributed by atoms with E-state index in [4.69, 9.17) is 23.9 Å². The number of ether oxygens (including phenoxy) is 4. The van der Waals surface area contributed by atoms with Crippen molar-refractivity contribution in [3.05, 3.63) is 63.2 Å². The molecule has 0 aliphatic carbocycles. The first kappa shape index (κ1) is 22.1. The van der Waals surface area contributed by atoms with Gasteiger partial charge in [-0.3, -0.25) is 9.78 Å². The molecule has 0 spiro atoms. The van der Waals surface area contributed by atoms with E-state index in [0.29, 0.717) is 35.0 Å². The van der Waals surface area contributed by atoms with Crippen molar-refractivity contribution >= 4 is 21.7 Å². The normalized spacial score (nSPS) is 12.5. The van der Waals surface area contributed by atoms with Crippen LogP contribution in [0.25, 0.3) is 21.7 Å². The first-order chi connectivity index (χ1) is 16.6. The molecule has 176 valence electrons. The van der Waals surface area contributed by atoms with E-state index in [2.05, 4.69) is 24.9 Å². The van der Waals surface area contributed by atoms with Crippen molar-refractivity contribution in [3.8, 4) is 23.0 Å². The van der Waals surface area contributed by atoms with Crippen molar-refractivity contribution in [2.45, 2.75) is 39.5 Å². The van der Waals surface area contributed by atoms with Crippen LogP contribution < -0.4 is 24.5 Å². The summed E-state index contributed by atoms with van der Waals surface area (Å²) in [5.41, 5.74) is 4.33. The van der Waals surface area contributed by atoms with E-state index in [9.17, 15) is 4.79 Å². The molecule has 0 radical (unpaired) electrons. The summed E-state index contributed by atoms with van der Waals surface area (Å²) in [4.78, 5) is 21.3. The van der Waals surface area contributed by atoms with Gasteiger partial charge in [-0.25, -0.2) is 0 Å². The van der Waals surface area contributed by atoms with Crippen LogP contribution in [0.4, 0.5) is 0 Å². The Hall–Kier alpha value is -3.74. The fourth-order valence-corrected chi connectivity index (χ4v) is 4.70. The highest BCUT2D eigenvalue weighted by Crippen LogP contribution is 2.37. The Balaban J connectivity index is 1.70. The van der Waals surface area contributed by atoms with Crippen molar-refractivity contribution in [1.29, 1.82) is 0 Å². The number of hydrogen-bond donors (Lipinski definition) is 1. The number of nitrogens with one attached hydrogen (secondary N) is 1. The lowest BCUT2D eigenvalue weighted by Gasteiger charge is -2.16. The monoisotopic (exact) mass is 460 g/mol. The van der Waals surface area contributed by atoms with E-state index in [1.807, 2.05) is 24.3 Å². The second kappa shape index (κ2) is 8.89. The number of aromatic nitrogens is 2. The van der Waals surface area contributed by atoms with Crippen LogP contribution in [0.1, 0.15) is 42.8 Å². The average molecular weight is 461 g/mol. The first-order valence-electron chi connectivity index (χ1n) is 11.6. The molecule has 7 heteroatoms. The van der Waals surface area contributed by atoms with E-state index in [1.165, 1.54) is 0 Å². The van der Waals surface area contributed by atoms with Gasteiger partial charge in [-0.05, 0) is 48.1 Å². The Morgan fingerprint density at radius 1 is 0.971 bits per heavy atom. The van der Waals surface area contributed by atoms with E-state index in [-0.39, 0.29) is 12.4 Å².